The SMILES string of the molecule is Bc1cc(Cl)cc(/C=N/c2ccc(OC)cc2)c1O. The van der Waals surface area contributed by atoms with Crippen molar-refractivity contribution in [1.29, 1.82) is 0 Å². The number of ether oxygens (including phenoxy) is 1. The van der Waals surface area contributed by atoms with Gasteiger partial charge in [0.15, 0.2) is 0 Å². The normalized spacial score (nSPS) is 10.8. The zero-order chi connectivity index (χ0) is 13.8. The average Bonchev–Trinajstić information content (AvgIpc) is 2.41. The molecule has 2 rings (SSSR count). The molecule has 0 aliphatic heterocycles. The Balaban J connectivity index is 2.27. The molecule has 0 amide bonds. The number of hydrogen-bond donors (Lipinski definition) is 1. The van der Waals surface area contributed by atoms with Gasteiger partial charge in [-0.2, -0.15) is 0 Å². The molecule has 3 nitrogen and oxygen atoms in total. The molecule has 0 spiro atoms. The van der Waals surface area contributed by atoms with E-state index in [1.807, 2.05) is 24.3 Å². The monoisotopic (exact) mass is 273 g/mol. The summed E-state index contributed by atoms with van der Waals surface area (Å²) in [6.07, 6.45) is 1.59. The van der Waals surface area contributed by atoms with Gasteiger partial charge in [0.2, 0.25) is 0 Å². The summed E-state index contributed by atoms with van der Waals surface area (Å²) in [5.74, 6) is 0.974. The number of phenolic OH excluding ortho intramolecular Hbond substituents is 1. The van der Waals surface area contributed by atoms with Crippen LogP contribution >= 0.6 is 11.6 Å². The molecule has 0 radical (unpaired) electrons. The lowest BCUT2D eigenvalue weighted by Gasteiger charge is -2.04. The van der Waals surface area contributed by atoms with Crippen LogP contribution < -0.4 is 10.2 Å². The third kappa shape index (κ3) is 3.29. The molecule has 0 saturated heterocycles. The number of phenols is 1. The van der Waals surface area contributed by atoms with Crippen LogP contribution in [0.1, 0.15) is 5.56 Å². The molecule has 0 aromatic heterocycles. The van der Waals surface area contributed by atoms with Gasteiger partial charge in [0.1, 0.15) is 19.3 Å². The molecule has 0 fully saturated rings. The van der Waals surface area contributed by atoms with Gasteiger partial charge in [-0.25, -0.2) is 0 Å². The summed E-state index contributed by atoms with van der Waals surface area (Å²) >= 11 is 5.95. The fourth-order valence-electron chi connectivity index (χ4n) is 1.67. The lowest BCUT2D eigenvalue weighted by Crippen LogP contribution is -2.04. The number of aromatic hydroxyl groups is 1. The molecule has 0 saturated carbocycles. The van der Waals surface area contributed by atoms with Gasteiger partial charge in [0.05, 0.1) is 12.8 Å². The Labute approximate surface area is 117 Å². The summed E-state index contributed by atoms with van der Waals surface area (Å²) in [5.41, 5.74) is 2.10. The average molecular weight is 274 g/mol. The van der Waals surface area contributed by atoms with E-state index in [0.717, 1.165) is 16.9 Å². The van der Waals surface area contributed by atoms with Crippen LogP contribution in [0.25, 0.3) is 0 Å². The van der Waals surface area contributed by atoms with Gasteiger partial charge in [0.25, 0.3) is 0 Å². The molecule has 0 heterocycles. The Morgan fingerprint density at radius 2 is 1.95 bits per heavy atom. The highest BCUT2D eigenvalue weighted by molar-refractivity contribution is 6.38. The Morgan fingerprint density at radius 1 is 1.26 bits per heavy atom. The number of hydrogen-bond acceptors (Lipinski definition) is 3. The van der Waals surface area contributed by atoms with Gasteiger partial charge in [-0.3, -0.25) is 4.99 Å². The van der Waals surface area contributed by atoms with Crippen LogP contribution in [0.15, 0.2) is 41.4 Å². The summed E-state index contributed by atoms with van der Waals surface area (Å²) < 4.78 is 5.07. The first-order chi connectivity index (χ1) is 9.10. The van der Waals surface area contributed by atoms with Crippen molar-refractivity contribution < 1.29 is 9.84 Å². The summed E-state index contributed by atoms with van der Waals surface area (Å²) in [4.78, 5) is 4.30. The van der Waals surface area contributed by atoms with Crippen molar-refractivity contribution in [2.75, 3.05) is 7.11 Å². The molecule has 5 heteroatoms. The molecular formula is C14H13BClNO2. The van der Waals surface area contributed by atoms with Crippen LogP contribution in [-0.4, -0.2) is 26.3 Å². The first-order valence-electron chi connectivity index (χ1n) is 5.77. The van der Waals surface area contributed by atoms with Crippen LogP contribution in [0, 0.1) is 0 Å². The van der Waals surface area contributed by atoms with Gasteiger partial charge in [-0.05, 0) is 41.9 Å². The first-order valence-corrected chi connectivity index (χ1v) is 6.15. The summed E-state index contributed by atoms with van der Waals surface area (Å²) in [6, 6.07) is 10.7. The van der Waals surface area contributed by atoms with Crippen molar-refractivity contribution in [1.82, 2.24) is 0 Å². The Morgan fingerprint density at radius 3 is 2.58 bits per heavy atom. The van der Waals surface area contributed by atoms with E-state index >= 15 is 0 Å². The number of methoxy groups -OCH3 is 1. The van der Waals surface area contributed by atoms with E-state index in [-0.39, 0.29) is 5.75 Å². The Kier molecular flexibility index (Phi) is 4.12. The van der Waals surface area contributed by atoms with Crippen LogP contribution in [-0.2, 0) is 0 Å². The highest BCUT2D eigenvalue weighted by Crippen LogP contribution is 2.20. The summed E-state index contributed by atoms with van der Waals surface area (Å²) in [5, 5.41) is 10.5. The van der Waals surface area contributed by atoms with Crippen molar-refractivity contribution in [3.05, 3.63) is 47.0 Å². The van der Waals surface area contributed by atoms with E-state index < -0.39 is 0 Å². The van der Waals surface area contributed by atoms with E-state index in [2.05, 4.69) is 4.99 Å². The first kappa shape index (κ1) is 13.5. The molecule has 0 aliphatic carbocycles. The fourth-order valence-corrected chi connectivity index (χ4v) is 1.95. The van der Waals surface area contributed by atoms with Gasteiger partial charge in [-0.15, -0.1) is 0 Å². The lowest BCUT2D eigenvalue weighted by atomic mass is 9.93. The molecule has 19 heavy (non-hydrogen) atoms. The topological polar surface area (TPSA) is 41.8 Å². The van der Waals surface area contributed by atoms with Crippen LogP contribution in [0.2, 0.25) is 5.02 Å². The third-order valence-corrected chi connectivity index (χ3v) is 2.94. The Hall–Kier alpha value is -1.94. The second-order valence-corrected chi connectivity index (χ2v) is 4.55. The molecular weight excluding hydrogens is 260 g/mol. The minimum atomic E-state index is 0.196. The summed E-state index contributed by atoms with van der Waals surface area (Å²) in [6.45, 7) is 0. The zero-order valence-electron chi connectivity index (χ0n) is 10.7. The molecule has 0 unspecified atom stereocenters. The number of halogens is 1. The van der Waals surface area contributed by atoms with Gasteiger partial charge in [0, 0.05) is 16.8 Å². The lowest BCUT2D eigenvalue weighted by molar-refractivity contribution is 0.415. The largest absolute Gasteiger partial charge is 0.508 e. The second-order valence-electron chi connectivity index (χ2n) is 4.12. The highest BCUT2D eigenvalue weighted by Gasteiger charge is 2.03. The maximum absolute atomic E-state index is 9.91. The van der Waals surface area contributed by atoms with Crippen molar-refractivity contribution in [2.45, 2.75) is 0 Å². The number of rotatable bonds is 3. The van der Waals surface area contributed by atoms with Gasteiger partial charge < -0.3 is 9.84 Å². The van der Waals surface area contributed by atoms with E-state index in [1.54, 1.807) is 33.3 Å². The predicted molar refractivity (Wildman–Crippen MR) is 81.5 cm³/mol. The van der Waals surface area contributed by atoms with E-state index in [0.29, 0.717) is 10.6 Å². The number of nitrogens with zero attached hydrogens (tertiary/aromatic N) is 1. The minimum absolute atomic E-state index is 0.196. The van der Waals surface area contributed by atoms with Gasteiger partial charge >= 0.3 is 0 Å². The quantitative estimate of drug-likeness (QED) is 0.687. The zero-order valence-corrected chi connectivity index (χ0v) is 11.5. The Bertz CT molecular complexity index is 612. The van der Waals surface area contributed by atoms with E-state index in [1.165, 1.54) is 0 Å². The van der Waals surface area contributed by atoms with Crippen molar-refractivity contribution in [3.8, 4) is 11.5 Å². The van der Waals surface area contributed by atoms with Crippen LogP contribution in [0.3, 0.4) is 0 Å². The van der Waals surface area contributed by atoms with Crippen LogP contribution in [0.4, 0.5) is 5.69 Å². The second kappa shape index (κ2) is 5.80. The molecule has 0 atom stereocenters. The minimum Gasteiger partial charge on any atom is -0.508 e. The molecule has 2 aromatic rings. The molecule has 0 aliphatic rings. The molecule has 96 valence electrons. The molecule has 0 bridgehead atoms. The van der Waals surface area contributed by atoms with Crippen LogP contribution in [0.5, 0.6) is 11.5 Å². The standard InChI is InChI=1S/C14H13BClNO2/c1-19-12-4-2-11(3-5-12)17-8-9-6-10(16)7-13(15)14(9)18/h2-8,18H,15H2,1H3/b17-8+. The maximum atomic E-state index is 9.91. The van der Waals surface area contributed by atoms with E-state index in [4.69, 9.17) is 16.3 Å². The van der Waals surface area contributed by atoms with E-state index in [9.17, 15) is 5.11 Å². The fraction of sp³-hybridized carbons (Fsp3) is 0.0714. The highest BCUT2D eigenvalue weighted by atomic mass is 35.5. The number of benzene rings is 2. The van der Waals surface area contributed by atoms with Crippen molar-refractivity contribution in [3.63, 3.8) is 0 Å². The molecule has 1 N–H and O–H groups in total. The van der Waals surface area contributed by atoms with Crippen molar-refractivity contribution >= 4 is 36.8 Å². The molecule has 2 aromatic carbocycles. The van der Waals surface area contributed by atoms with Crippen molar-refractivity contribution in [2.24, 2.45) is 4.99 Å². The summed E-state index contributed by atoms with van der Waals surface area (Å²) in [7, 11) is 3.41. The predicted octanol–water partition coefficient (Wildman–Crippen LogP) is 2.06. The van der Waals surface area contributed by atoms with Gasteiger partial charge in [-0.1, -0.05) is 11.6 Å². The maximum Gasteiger partial charge on any atom is 0.144 e. The third-order valence-electron chi connectivity index (χ3n) is 2.72. The number of aliphatic imine (C=N–C) groups is 1. The smallest absolute Gasteiger partial charge is 0.144 e.